The number of rotatable bonds is 5. The van der Waals surface area contributed by atoms with Gasteiger partial charge in [0.1, 0.15) is 11.5 Å². The summed E-state index contributed by atoms with van der Waals surface area (Å²) in [5.74, 6) is -0.983. The van der Waals surface area contributed by atoms with Crippen LogP contribution < -0.4 is 14.8 Å². The molecule has 0 bridgehead atoms. The quantitative estimate of drug-likeness (QED) is 0.754. The third kappa shape index (κ3) is 5.83. The van der Waals surface area contributed by atoms with Crippen LogP contribution in [-0.4, -0.2) is 56.2 Å². The number of benzene rings is 1. The molecule has 2 atom stereocenters. The average Bonchev–Trinajstić information content (AvgIpc) is 2.77. The van der Waals surface area contributed by atoms with E-state index in [2.05, 4.69) is 5.32 Å². The lowest BCUT2D eigenvalue weighted by molar-refractivity contribution is -0.184. The number of methoxy groups -OCH3 is 2. The molecule has 0 spiro atoms. The van der Waals surface area contributed by atoms with Crippen LogP contribution in [0.25, 0.3) is 0 Å². The molecule has 2 aliphatic rings. The molecule has 9 heteroatoms. The Morgan fingerprint density at radius 1 is 1.00 bits per heavy atom. The number of hydrogen-bond donors (Lipinski definition) is 1. The summed E-state index contributed by atoms with van der Waals surface area (Å²) in [6, 6.07) is 4.53. The van der Waals surface area contributed by atoms with Crippen molar-refractivity contribution in [2.75, 3.05) is 27.3 Å². The van der Waals surface area contributed by atoms with E-state index in [1.54, 1.807) is 23.1 Å². The summed E-state index contributed by atoms with van der Waals surface area (Å²) in [4.78, 5) is 27.2. The Labute approximate surface area is 180 Å². The molecule has 1 aromatic rings. The van der Waals surface area contributed by atoms with E-state index in [1.165, 1.54) is 14.2 Å². The molecule has 1 saturated heterocycles. The van der Waals surface area contributed by atoms with Gasteiger partial charge in [-0.25, -0.2) is 0 Å². The van der Waals surface area contributed by atoms with Crippen molar-refractivity contribution in [2.45, 2.75) is 50.7 Å². The Balaban J connectivity index is 1.53. The van der Waals surface area contributed by atoms with E-state index in [1.807, 2.05) is 0 Å². The van der Waals surface area contributed by atoms with Crippen LogP contribution >= 0.6 is 0 Å². The zero-order valence-electron chi connectivity index (χ0n) is 17.8. The number of nitrogens with one attached hydrogen (secondary N) is 1. The molecule has 31 heavy (non-hydrogen) atoms. The second-order valence-electron chi connectivity index (χ2n) is 8.28. The van der Waals surface area contributed by atoms with E-state index in [-0.39, 0.29) is 30.6 Å². The van der Waals surface area contributed by atoms with Gasteiger partial charge in [-0.1, -0.05) is 6.42 Å². The first-order valence-electron chi connectivity index (χ1n) is 10.6. The van der Waals surface area contributed by atoms with Gasteiger partial charge >= 0.3 is 6.18 Å². The van der Waals surface area contributed by atoms with Crippen molar-refractivity contribution in [1.29, 1.82) is 0 Å². The molecular formula is C22H29F3N2O4. The van der Waals surface area contributed by atoms with Crippen molar-refractivity contribution >= 4 is 11.8 Å². The van der Waals surface area contributed by atoms with Crippen LogP contribution in [0.3, 0.4) is 0 Å². The van der Waals surface area contributed by atoms with Gasteiger partial charge in [-0.15, -0.1) is 0 Å². The van der Waals surface area contributed by atoms with Gasteiger partial charge in [-0.2, -0.15) is 13.2 Å². The molecule has 1 saturated carbocycles. The molecule has 1 aliphatic carbocycles. The first-order valence-corrected chi connectivity index (χ1v) is 10.6. The van der Waals surface area contributed by atoms with Crippen LogP contribution in [0.5, 0.6) is 11.5 Å². The van der Waals surface area contributed by atoms with E-state index in [4.69, 9.17) is 9.47 Å². The number of carbonyl (C=O) groups is 2. The summed E-state index contributed by atoms with van der Waals surface area (Å²) in [5.41, 5.74) is 0.444. The number of piperidine rings is 1. The average molecular weight is 442 g/mol. The van der Waals surface area contributed by atoms with E-state index in [0.717, 1.165) is 0 Å². The predicted octanol–water partition coefficient (Wildman–Crippen LogP) is 3.79. The molecule has 1 aromatic carbocycles. The Hall–Kier alpha value is -2.45. The van der Waals surface area contributed by atoms with Crippen molar-refractivity contribution < 1.29 is 32.2 Å². The summed E-state index contributed by atoms with van der Waals surface area (Å²) < 4.78 is 49.4. The highest BCUT2D eigenvalue weighted by molar-refractivity contribution is 5.95. The number of hydrogen-bond acceptors (Lipinski definition) is 4. The van der Waals surface area contributed by atoms with E-state index >= 15 is 0 Å². The van der Waals surface area contributed by atoms with Gasteiger partial charge in [0.2, 0.25) is 5.91 Å². The molecular weight excluding hydrogens is 413 g/mol. The Morgan fingerprint density at radius 2 is 1.61 bits per heavy atom. The van der Waals surface area contributed by atoms with Gasteiger partial charge < -0.3 is 19.7 Å². The minimum atomic E-state index is -4.21. The standard InChI is InChI=1S/C22H29F3N2O4/c1-30-18-10-15(11-19(13-18)31-2)21(29)27-8-6-14(7-9-27)20(28)26-17-5-3-4-16(12-17)22(23,24)25/h10-11,13-14,16-17H,3-9,12H2,1-2H3,(H,26,28). The van der Waals surface area contributed by atoms with Gasteiger partial charge in [0.05, 0.1) is 20.1 Å². The Kier molecular flexibility index (Phi) is 7.33. The van der Waals surface area contributed by atoms with Crippen LogP contribution in [0, 0.1) is 11.8 Å². The highest BCUT2D eigenvalue weighted by Gasteiger charge is 2.42. The summed E-state index contributed by atoms with van der Waals surface area (Å²) >= 11 is 0. The van der Waals surface area contributed by atoms with E-state index in [9.17, 15) is 22.8 Å². The first-order chi connectivity index (χ1) is 14.7. The maximum Gasteiger partial charge on any atom is 0.391 e. The normalized spacial score (nSPS) is 22.7. The highest BCUT2D eigenvalue weighted by atomic mass is 19.4. The SMILES string of the molecule is COc1cc(OC)cc(C(=O)N2CCC(C(=O)NC3CCCC(C(F)(F)F)C3)CC2)c1. The number of nitrogens with zero attached hydrogens (tertiary/aromatic N) is 1. The molecule has 0 aromatic heterocycles. The molecule has 1 heterocycles. The first kappa shape index (κ1) is 23.2. The number of amides is 2. The van der Waals surface area contributed by atoms with Crippen LogP contribution in [-0.2, 0) is 4.79 Å². The minimum Gasteiger partial charge on any atom is -0.497 e. The molecule has 1 N–H and O–H groups in total. The van der Waals surface area contributed by atoms with Crippen molar-refractivity contribution in [2.24, 2.45) is 11.8 Å². The van der Waals surface area contributed by atoms with Crippen LogP contribution in [0.4, 0.5) is 13.2 Å². The fraction of sp³-hybridized carbons (Fsp3) is 0.636. The predicted molar refractivity (Wildman–Crippen MR) is 108 cm³/mol. The maximum atomic E-state index is 13.0. The molecule has 2 unspecified atom stereocenters. The molecule has 1 aliphatic heterocycles. The van der Waals surface area contributed by atoms with Gasteiger partial charge in [-0.05, 0) is 44.2 Å². The minimum absolute atomic E-state index is 0.0513. The Bertz CT molecular complexity index is 769. The number of alkyl halides is 3. The molecule has 2 amide bonds. The lowest BCUT2D eigenvalue weighted by atomic mass is 9.84. The number of likely N-dealkylation sites (tertiary alicyclic amines) is 1. The second-order valence-corrected chi connectivity index (χ2v) is 8.28. The second kappa shape index (κ2) is 9.78. The Morgan fingerprint density at radius 3 is 2.16 bits per heavy atom. The number of carbonyl (C=O) groups excluding carboxylic acids is 2. The van der Waals surface area contributed by atoms with Crippen molar-refractivity contribution in [3.8, 4) is 11.5 Å². The van der Waals surface area contributed by atoms with E-state index < -0.39 is 18.1 Å². The molecule has 0 radical (unpaired) electrons. The topological polar surface area (TPSA) is 67.9 Å². The monoisotopic (exact) mass is 442 g/mol. The van der Waals surface area contributed by atoms with Crippen LogP contribution in [0.1, 0.15) is 48.9 Å². The molecule has 6 nitrogen and oxygen atoms in total. The molecule has 3 rings (SSSR count). The fourth-order valence-corrected chi connectivity index (χ4v) is 4.40. The third-order valence-electron chi connectivity index (χ3n) is 6.23. The van der Waals surface area contributed by atoms with Gasteiger partial charge in [0.25, 0.3) is 5.91 Å². The van der Waals surface area contributed by atoms with E-state index in [0.29, 0.717) is 55.8 Å². The number of ether oxygens (including phenoxy) is 2. The lowest BCUT2D eigenvalue weighted by Crippen LogP contribution is -2.47. The maximum absolute atomic E-state index is 13.0. The number of halogens is 3. The summed E-state index contributed by atoms with van der Waals surface area (Å²) in [7, 11) is 3.02. The summed E-state index contributed by atoms with van der Waals surface area (Å²) in [5, 5.41) is 2.82. The fourth-order valence-electron chi connectivity index (χ4n) is 4.40. The van der Waals surface area contributed by atoms with Gasteiger partial charge in [0.15, 0.2) is 0 Å². The zero-order chi connectivity index (χ0) is 22.6. The van der Waals surface area contributed by atoms with Crippen molar-refractivity contribution in [3.63, 3.8) is 0 Å². The van der Waals surface area contributed by atoms with Crippen LogP contribution in [0.2, 0.25) is 0 Å². The van der Waals surface area contributed by atoms with Gasteiger partial charge in [-0.3, -0.25) is 9.59 Å². The molecule has 2 fully saturated rings. The lowest BCUT2D eigenvalue weighted by Gasteiger charge is -2.34. The van der Waals surface area contributed by atoms with Crippen molar-refractivity contribution in [1.82, 2.24) is 10.2 Å². The van der Waals surface area contributed by atoms with Crippen LogP contribution in [0.15, 0.2) is 18.2 Å². The molecule has 172 valence electrons. The third-order valence-corrected chi connectivity index (χ3v) is 6.23. The summed E-state index contributed by atoms with van der Waals surface area (Å²) in [6.45, 7) is 0.818. The smallest absolute Gasteiger partial charge is 0.391 e. The van der Waals surface area contributed by atoms with Gasteiger partial charge in [0, 0.05) is 36.7 Å². The highest BCUT2D eigenvalue weighted by Crippen LogP contribution is 2.37. The van der Waals surface area contributed by atoms with Crippen molar-refractivity contribution in [3.05, 3.63) is 23.8 Å². The largest absolute Gasteiger partial charge is 0.497 e. The zero-order valence-corrected chi connectivity index (χ0v) is 17.8. The summed E-state index contributed by atoms with van der Waals surface area (Å²) in [6.07, 6.45) is -2.13.